The highest BCUT2D eigenvalue weighted by Crippen LogP contribution is 2.59. The van der Waals surface area contributed by atoms with Gasteiger partial charge < -0.3 is 19.5 Å². The first kappa shape index (κ1) is 35.8. The van der Waals surface area contributed by atoms with Gasteiger partial charge in [0.1, 0.15) is 41.3 Å². The molecular formula is C37H42BrN9O4Si. The lowest BCUT2D eigenvalue weighted by Gasteiger charge is -2.27. The Hall–Kier alpha value is -4.60. The van der Waals surface area contributed by atoms with Gasteiger partial charge in [-0.2, -0.15) is 5.10 Å². The Morgan fingerprint density at radius 2 is 1.81 bits per heavy atom. The molecule has 2 amide bonds. The number of ketones is 1. The Kier molecular flexibility index (Phi) is 9.46. The van der Waals surface area contributed by atoms with E-state index in [1.165, 1.54) is 0 Å². The Morgan fingerprint density at radius 1 is 1.04 bits per heavy atom. The first-order valence-electron chi connectivity index (χ1n) is 17.4. The van der Waals surface area contributed by atoms with Crippen LogP contribution < -0.4 is 5.32 Å². The zero-order valence-electron chi connectivity index (χ0n) is 30.2. The standard InChI is InChI=1S/C37H42BrN9O4Si/c1-22-7-10-30(38)42-34(22)43-36(50)28-16-37(3)17-29(37)47(28)31(48)20-46-27-9-8-24(25-18-40-23(2)41-19-25)15-26(27)32(44-46)33(49)35-39-11-12-45(35)21-51-13-14-52(4,5)6/h7-12,15,18-19,28-29H,13-14,16-17,20-21H2,1-6H3,(H,42,43,50)/t28-,29+,37-/m0/s1. The predicted molar refractivity (Wildman–Crippen MR) is 202 cm³/mol. The molecule has 2 fully saturated rings. The number of carbonyl (C=O) groups excluding carboxylic acids is 3. The number of imidazole rings is 1. The van der Waals surface area contributed by atoms with Crippen LogP contribution in [-0.4, -0.2) is 83.5 Å². The van der Waals surface area contributed by atoms with Gasteiger partial charge in [-0.25, -0.2) is 19.9 Å². The molecule has 13 nitrogen and oxygen atoms in total. The number of nitrogens with zero attached hydrogens (tertiary/aromatic N) is 8. The molecule has 7 rings (SSSR count). The van der Waals surface area contributed by atoms with E-state index in [9.17, 15) is 14.4 Å². The van der Waals surface area contributed by atoms with E-state index in [0.717, 1.165) is 29.2 Å². The fourth-order valence-electron chi connectivity index (χ4n) is 6.86. The van der Waals surface area contributed by atoms with Crippen molar-refractivity contribution < 1.29 is 19.1 Å². The number of amides is 2. The molecule has 0 unspecified atom stereocenters. The third-order valence-corrected chi connectivity index (χ3v) is 12.2. The fraction of sp³-hybridized carbons (Fsp3) is 0.405. The smallest absolute Gasteiger partial charge is 0.249 e. The summed E-state index contributed by atoms with van der Waals surface area (Å²) in [5.41, 5.74) is 3.03. The molecule has 2 aliphatic rings. The number of benzene rings is 1. The Bertz CT molecular complexity index is 2200. The number of likely N-dealkylation sites (tertiary alicyclic amines) is 1. The van der Waals surface area contributed by atoms with Crippen LogP contribution in [0.25, 0.3) is 22.0 Å². The van der Waals surface area contributed by atoms with E-state index in [4.69, 9.17) is 9.84 Å². The lowest BCUT2D eigenvalue weighted by Crippen LogP contribution is -2.47. The van der Waals surface area contributed by atoms with Gasteiger partial charge in [0, 0.05) is 56.5 Å². The largest absolute Gasteiger partial charge is 0.361 e. The Balaban J connectivity index is 1.20. The molecule has 52 heavy (non-hydrogen) atoms. The van der Waals surface area contributed by atoms with E-state index >= 15 is 0 Å². The average Bonchev–Trinajstić information content (AvgIpc) is 3.41. The van der Waals surface area contributed by atoms with Crippen molar-refractivity contribution in [2.24, 2.45) is 5.41 Å². The van der Waals surface area contributed by atoms with Crippen molar-refractivity contribution in [3.63, 3.8) is 0 Å². The number of fused-ring (bicyclic) bond motifs is 2. The van der Waals surface area contributed by atoms with Gasteiger partial charge in [-0.15, -0.1) is 0 Å². The molecule has 3 atom stereocenters. The first-order chi connectivity index (χ1) is 24.7. The molecule has 1 aliphatic carbocycles. The van der Waals surface area contributed by atoms with Crippen molar-refractivity contribution in [1.29, 1.82) is 0 Å². The highest BCUT2D eigenvalue weighted by Gasteiger charge is 2.64. The van der Waals surface area contributed by atoms with E-state index in [1.54, 1.807) is 38.9 Å². The van der Waals surface area contributed by atoms with E-state index < -0.39 is 19.9 Å². The molecule has 270 valence electrons. The number of hydrogen-bond donors (Lipinski definition) is 1. The van der Waals surface area contributed by atoms with Gasteiger partial charge in [-0.1, -0.05) is 38.7 Å². The van der Waals surface area contributed by atoms with Gasteiger partial charge in [0.05, 0.1) is 5.52 Å². The number of anilines is 1. The fourth-order valence-corrected chi connectivity index (χ4v) is 7.93. The number of pyridine rings is 1. The summed E-state index contributed by atoms with van der Waals surface area (Å²) >= 11 is 3.38. The summed E-state index contributed by atoms with van der Waals surface area (Å²) in [6.45, 7) is 13.3. The summed E-state index contributed by atoms with van der Waals surface area (Å²) in [7, 11) is -1.29. The number of carbonyl (C=O) groups is 3. The molecule has 1 aromatic carbocycles. The summed E-state index contributed by atoms with van der Waals surface area (Å²) < 4.78 is 9.80. The second-order valence-corrected chi connectivity index (χ2v) is 21.8. The molecule has 5 aromatic rings. The van der Waals surface area contributed by atoms with Crippen molar-refractivity contribution >= 4 is 58.3 Å². The maximum atomic E-state index is 14.3. The van der Waals surface area contributed by atoms with Gasteiger partial charge >= 0.3 is 0 Å². The first-order valence-corrected chi connectivity index (χ1v) is 21.9. The molecule has 0 bridgehead atoms. The van der Waals surface area contributed by atoms with Gasteiger partial charge in [-0.3, -0.25) is 19.1 Å². The highest BCUT2D eigenvalue weighted by atomic mass is 79.9. The van der Waals surface area contributed by atoms with E-state index in [0.29, 0.717) is 40.2 Å². The minimum atomic E-state index is -1.29. The minimum Gasteiger partial charge on any atom is -0.361 e. The molecule has 1 saturated carbocycles. The third-order valence-electron chi connectivity index (χ3n) is 10.0. The minimum absolute atomic E-state index is 0.0585. The number of halogens is 1. The summed E-state index contributed by atoms with van der Waals surface area (Å²) in [6, 6.07) is 9.59. The number of ether oxygens (including phenoxy) is 1. The zero-order chi connectivity index (χ0) is 36.9. The molecule has 1 saturated heterocycles. The number of nitrogens with one attached hydrogen (secondary N) is 1. The lowest BCUT2D eigenvalue weighted by atomic mass is 10.0. The van der Waals surface area contributed by atoms with Gasteiger partial charge in [0.25, 0.3) is 0 Å². The van der Waals surface area contributed by atoms with Crippen molar-refractivity contribution in [2.75, 3.05) is 11.9 Å². The second kappa shape index (κ2) is 13.7. The molecule has 1 aliphatic heterocycles. The maximum Gasteiger partial charge on any atom is 0.249 e. The molecule has 1 N–H and O–H groups in total. The van der Waals surface area contributed by atoms with Crippen LogP contribution in [0.2, 0.25) is 25.7 Å². The molecule has 0 radical (unpaired) electrons. The number of aromatic nitrogens is 7. The van der Waals surface area contributed by atoms with Crippen LogP contribution >= 0.6 is 15.9 Å². The van der Waals surface area contributed by atoms with Crippen molar-refractivity contribution in [3.05, 3.63) is 82.6 Å². The quantitative estimate of drug-likeness (QED) is 0.0693. The van der Waals surface area contributed by atoms with Crippen molar-refractivity contribution in [2.45, 2.75) is 84.7 Å². The summed E-state index contributed by atoms with van der Waals surface area (Å²) in [4.78, 5) is 61.4. The normalized spacial score (nSPS) is 19.6. The molecule has 15 heteroatoms. The average molecular weight is 785 g/mol. The Labute approximate surface area is 311 Å². The number of rotatable bonds is 12. The van der Waals surface area contributed by atoms with Crippen LogP contribution in [0.4, 0.5) is 5.82 Å². The van der Waals surface area contributed by atoms with Crippen LogP contribution in [0, 0.1) is 19.3 Å². The summed E-state index contributed by atoms with van der Waals surface area (Å²) in [6.07, 6.45) is 8.14. The monoisotopic (exact) mass is 783 g/mol. The van der Waals surface area contributed by atoms with Crippen molar-refractivity contribution in [1.82, 2.24) is 39.2 Å². The van der Waals surface area contributed by atoms with Crippen LogP contribution in [0.1, 0.15) is 47.5 Å². The lowest BCUT2D eigenvalue weighted by molar-refractivity contribution is -0.138. The van der Waals surface area contributed by atoms with Crippen LogP contribution in [-0.2, 0) is 27.6 Å². The SMILES string of the molecule is Cc1ncc(-c2ccc3c(c2)c(C(=O)c2nccn2COCC[Si](C)(C)C)nn3CC(=O)N2[C@H](C(=O)Nc3nc(Br)ccc3C)C[C@@]3(C)C[C@@H]23)cn1. The van der Waals surface area contributed by atoms with Crippen LogP contribution in [0.5, 0.6) is 0 Å². The zero-order valence-corrected chi connectivity index (χ0v) is 32.8. The van der Waals surface area contributed by atoms with E-state index in [-0.39, 0.29) is 48.1 Å². The van der Waals surface area contributed by atoms with Gasteiger partial charge in [0.15, 0.2) is 5.82 Å². The van der Waals surface area contributed by atoms with Crippen LogP contribution in [0.3, 0.4) is 0 Å². The molecule has 5 heterocycles. The van der Waals surface area contributed by atoms with Crippen molar-refractivity contribution in [3.8, 4) is 11.1 Å². The summed E-state index contributed by atoms with van der Waals surface area (Å²) in [5.74, 6) is 0.374. The highest BCUT2D eigenvalue weighted by molar-refractivity contribution is 9.10. The number of aryl methyl sites for hydroxylation is 2. The number of piperidine rings is 1. The predicted octanol–water partition coefficient (Wildman–Crippen LogP) is 6.03. The van der Waals surface area contributed by atoms with Crippen LogP contribution in [0.15, 0.2) is 59.7 Å². The van der Waals surface area contributed by atoms with E-state index in [2.05, 4.69) is 67.7 Å². The molecule has 4 aromatic heterocycles. The third kappa shape index (κ3) is 7.21. The van der Waals surface area contributed by atoms with Gasteiger partial charge in [-0.05, 0) is 83.4 Å². The van der Waals surface area contributed by atoms with Gasteiger partial charge in [0.2, 0.25) is 17.6 Å². The molecular weight excluding hydrogens is 742 g/mol. The number of hydrogen-bond acceptors (Lipinski definition) is 9. The topological polar surface area (TPSA) is 150 Å². The van der Waals surface area contributed by atoms with E-state index in [1.807, 2.05) is 44.2 Å². The second-order valence-electron chi connectivity index (χ2n) is 15.3. The Morgan fingerprint density at radius 3 is 2.56 bits per heavy atom. The molecule has 0 spiro atoms. The summed E-state index contributed by atoms with van der Waals surface area (Å²) in [5, 5.41) is 8.29. The maximum absolute atomic E-state index is 14.3.